The van der Waals surface area contributed by atoms with Crippen molar-refractivity contribution in [3.63, 3.8) is 0 Å². The minimum absolute atomic E-state index is 0.127. The van der Waals surface area contributed by atoms with Crippen LogP contribution in [-0.2, 0) is 14.4 Å². The molecular weight excluding hydrogens is 500 g/mol. The lowest BCUT2D eigenvalue weighted by Gasteiger charge is -2.35. The topological polar surface area (TPSA) is 122 Å². The molecule has 3 aliphatic heterocycles. The Hall–Kier alpha value is -3.72. The van der Waals surface area contributed by atoms with Crippen molar-refractivity contribution in [2.75, 3.05) is 18.1 Å². The lowest BCUT2D eigenvalue weighted by molar-refractivity contribution is -0.150. The number of carboxylic acids is 1. The number of carbonyl (C=O) groups is 4. The molecule has 1 saturated carbocycles. The zero-order valence-electron chi connectivity index (χ0n) is 21.9. The molecule has 2 amide bonds. The third-order valence-corrected chi connectivity index (χ3v) is 8.83. The molecule has 0 spiro atoms. The number of amides is 2. The van der Waals surface area contributed by atoms with Gasteiger partial charge in [-0.15, -0.1) is 0 Å². The van der Waals surface area contributed by atoms with Crippen LogP contribution in [-0.4, -0.2) is 47.4 Å². The molecule has 4 aliphatic rings. The molecule has 9 heteroatoms. The molecule has 4 atom stereocenters. The summed E-state index contributed by atoms with van der Waals surface area (Å²) in [5, 5.41) is 14.1. The summed E-state index contributed by atoms with van der Waals surface area (Å²) in [6.07, 6.45) is 5.27. The summed E-state index contributed by atoms with van der Waals surface area (Å²) in [5.74, 6) is -2.92. The minimum atomic E-state index is -1.59. The van der Waals surface area contributed by atoms with Crippen molar-refractivity contribution in [3.05, 3.63) is 53.6 Å². The number of hydrogen-bond acceptors (Lipinski definition) is 7. The zero-order valence-corrected chi connectivity index (χ0v) is 21.9. The monoisotopic (exact) mass is 532 g/mol. The lowest BCUT2D eigenvalue weighted by atomic mass is 9.72. The standard InChI is InChI=1S/C30H32N2O7/c1-17(33)19-7-10-21(11-8-19)32-27(34)24-25(28(32)35)30(29(36)37,16-18-5-3-2-4-6-18)31-26(24)20-9-12-22-23(15-20)39-14-13-38-22/h7-12,15,18,24-26,31H,2-6,13-14,16H2,1H3,(H,36,37). The van der Waals surface area contributed by atoms with Crippen LogP contribution in [0.4, 0.5) is 5.69 Å². The van der Waals surface area contributed by atoms with Gasteiger partial charge in [-0.05, 0) is 61.2 Å². The van der Waals surface area contributed by atoms with Crippen molar-refractivity contribution >= 4 is 29.3 Å². The van der Waals surface area contributed by atoms with Gasteiger partial charge < -0.3 is 14.6 Å². The molecule has 6 rings (SSSR count). The Morgan fingerprint density at radius 3 is 2.33 bits per heavy atom. The van der Waals surface area contributed by atoms with Crippen molar-refractivity contribution in [1.29, 1.82) is 0 Å². The molecule has 2 aromatic rings. The van der Waals surface area contributed by atoms with Crippen LogP contribution in [0.3, 0.4) is 0 Å². The van der Waals surface area contributed by atoms with Crippen LogP contribution < -0.4 is 19.7 Å². The van der Waals surface area contributed by atoms with Gasteiger partial charge in [0.1, 0.15) is 18.8 Å². The van der Waals surface area contributed by atoms with Gasteiger partial charge in [-0.3, -0.25) is 24.5 Å². The number of nitrogens with one attached hydrogen (secondary N) is 1. The Kier molecular flexibility index (Phi) is 6.41. The molecule has 4 unspecified atom stereocenters. The van der Waals surface area contributed by atoms with Gasteiger partial charge in [0.25, 0.3) is 0 Å². The zero-order chi connectivity index (χ0) is 27.3. The van der Waals surface area contributed by atoms with Gasteiger partial charge in [0, 0.05) is 11.6 Å². The van der Waals surface area contributed by atoms with E-state index in [4.69, 9.17) is 9.47 Å². The summed E-state index contributed by atoms with van der Waals surface area (Å²) < 4.78 is 11.4. The maximum Gasteiger partial charge on any atom is 0.324 e. The van der Waals surface area contributed by atoms with Crippen LogP contribution in [0.2, 0.25) is 0 Å². The molecule has 204 valence electrons. The number of carbonyl (C=O) groups excluding carboxylic acids is 3. The van der Waals surface area contributed by atoms with Crippen LogP contribution in [0.15, 0.2) is 42.5 Å². The number of Topliss-reactive ketones (excluding diaryl/α,β-unsaturated/α-hetero) is 1. The number of anilines is 1. The smallest absolute Gasteiger partial charge is 0.324 e. The fraction of sp³-hybridized carbons (Fsp3) is 0.467. The Balaban J connectivity index is 1.43. The van der Waals surface area contributed by atoms with Crippen LogP contribution in [0, 0.1) is 17.8 Å². The molecule has 2 saturated heterocycles. The van der Waals surface area contributed by atoms with Crippen molar-refractivity contribution in [2.45, 2.75) is 57.0 Å². The number of rotatable bonds is 6. The van der Waals surface area contributed by atoms with Crippen LogP contribution in [0.25, 0.3) is 0 Å². The van der Waals surface area contributed by atoms with E-state index in [0.29, 0.717) is 41.5 Å². The Morgan fingerprint density at radius 2 is 1.67 bits per heavy atom. The first kappa shape index (κ1) is 25.6. The fourth-order valence-electron chi connectivity index (χ4n) is 6.96. The largest absolute Gasteiger partial charge is 0.486 e. The number of aliphatic carboxylic acids is 1. The third kappa shape index (κ3) is 4.19. The van der Waals surface area contributed by atoms with Crippen molar-refractivity contribution in [2.24, 2.45) is 17.8 Å². The number of hydrogen-bond donors (Lipinski definition) is 2. The summed E-state index contributed by atoms with van der Waals surface area (Å²) in [6.45, 7) is 2.27. The van der Waals surface area contributed by atoms with E-state index in [1.807, 2.05) is 6.07 Å². The second-order valence-corrected chi connectivity index (χ2v) is 11.1. The van der Waals surface area contributed by atoms with Gasteiger partial charge in [0.15, 0.2) is 17.3 Å². The second kappa shape index (κ2) is 9.79. The van der Waals surface area contributed by atoms with Crippen molar-refractivity contribution in [3.8, 4) is 11.5 Å². The minimum Gasteiger partial charge on any atom is -0.486 e. The van der Waals surface area contributed by atoms with Gasteiger partial charge in [-0.25, -0.2) is 4.90 Å². The van der Waals surface area contributed by atoms with Crippen molar-refractivity contribution < 1.29 is 33.8 Å². The fourth-order valence-corrected chi connectivity index (χ4v) is 6.96. The third-order valence-electron chi connectivity index (χ3n) is 8.83. The average molecular weight is 533 g/mol. The summed E-state index contributed by atoms with van der Waals surface area (Å²) >= 11 is 0. The number of ether oxygens (including phenoxy) is 2. The van der Waals surface area contributed by atoms with E-state index in [9.17, 15) is 24.3 Å². The Bertz CT molecular complexity index is 1330. The molecule has 9 nitrogen and oxygen atoms in total. The van der Waals surface area contributed by atoms with Crippen molar-refractivity contribution in [1.82, 2.24) is 5.32 Å². The highest BCUT2D eigenvalue weighted by molar-refractivity contribution is 6.24. The van der Waals surface area contributed by atoms with E-state index in [1.165, 1.54) is 6.92 Å². The Morgan fingerprint density at radius 1 is 0.974 bits per heavy atom. The predicted molar refractivity (Wildman–Crippen MR) is 141 cm³/mol. The predicted octanol–water partition coefficient (Wildman–Crippen LogP) is 3.90. The van der Waals surface area contributed by atoms with E-state index in [-0.39, 0.29) is 18.1 Å². The number of carboxylic acid groups (broad SMARTS) is 1. The molecule has 1 aliphatic carbocycles. The first-order chi connectivity index (χ1) is 18.8. The van der Waals surface area contributed by atoms with E-state index < -0.39 is 41.2 Å². The first-order valence-corrected chi connectivity index (χ1v) is 13.7. The Labute approximate surface area is 226 Å². The van der Waals surface area contributed by atoms with Crippen LogP contribution >= 0.6 is 0 Å². The first-order valence-electron chi connectivity index (χ1n) is 13.7. The maximum absolute atomic E-state index is 14.1. The molecule has 2 N–H and O–H groups in total. The quantitative estimate of drug-likeness (QED) is 0.424. The number of benzene rings is 2. The van der Waals surface area contributed by atoms with E-state index >= 15 is 0 Å². The van der Waals surface area contributed by atoms with Gasteiger partial charge in [-0.2, -0.15) is 0 Å². The van der Waals surface area contributed by atoms with E-state index in [2.05, 4.69) is 5.32 Å². The maximum atomic E-state index is 14.1. The number of fused-ring (bicyclic) bond motifs is 2. The van der Waals surface area contributed by atoms with Crippen LogP contribution in [0.5, 0.6) is 11.5 Å². The number of ketones is 1. The average Bonchev–Trinajstić information content (AvgIpc) is 3.42. The molecular formula is C30H32N2O7. The van der Waals surface area contributed by atoms with E-state index in [1.54, 1.807) is 36.4 Å². The summed E-state index contributed by atoms with van der Waals surface area (Å²) in [6, 6.07) is 11.0. The molecule has 3 fully saturated rings. The summed E-state index contributed by atoms with van der Waals surface area (Å²) in [5.41, 5.74) is -0.116. The SMILES string of the molecule is CC(=O)c1ccc(N2C(=O)C3C(c4ccc5c(c4)OCCO5)NC(CC4CCCCC4)(C(=O)O)C3C2=O)cc1. The van der Waals surface area contributed by atoms with E-state index in [0.717, 1.165) is 37.0 Å². The van der Waals surface area contributed by atoms with Gasteiger partial charge in [0.05, 0.1) is 17.5 Å². The van der Waals surface area contributed by atoms with Crippen LogP contribution in [0.1, 0.15) is 67.4 Å². The molecule has 0 radical (unpaired) electrons. The highest BCUT2D eigenvalue weighted by atomic mass is 16.6. The molecule has 0 bridgehead atoms. The van der Waals surface area contributed by atoms with Gasteiger partial charge in [-0.1, -0.05) is 38.2 Å². The number of imide groups is 1. The highest BCUT2D eigenvalue weighted by Crippen LogP contribution is 2.53. The number of nitrogens with zero attached hydrogens (tertiary/aromatic N) is 1. The molecule has 3 heterocycles. The van der Waals surface area contributed by atoms with Gasteiger partial charge in [0.2, 0.25) is 11.8 Å². The second-order valence-electron chi connectivity index (χ2n) is 11.1. The normalized spacial score (nSPS) is 28.4. The molecule has 0 aromatic heterocycles. The summed E-state index contributed by atoms with van der Waals surface area (Å²) in [7, 11) is 0. The lowest BCUT2D eigenvalue weighted by Crippen LogP contribution is -2.57. The molecule has 2 aromatic carbocycles. The van der Waals surface area contributed by atoms with Gasteiger partial charge >= 0.3 is 5.97 Å². The summed E-state index contributed by atoms with van der Waals surface area (Å²) in [4.78, 5) is 54.1. The molecule has 39 heavy (non-hydrogen) atoms. The highest BCUT2D eigenvalue weighted by Gasteiger charge is 2.69.